The minimum atomic E-state index is 0.409. The second kappa shape index (κ2) is 10.8. The molecule has 0 atom stereocenters. The number of hydrogen-bond acceptors (Lipinski definition) is 3. The molecule has 1 aromatic heterocycles. The molecule has 0 radical (unpaired) electrons. The number of fused-ring (bicyclic) bond motifs is 1. The van der Waals surface area contributed by atoms with Gasteiger partial charge in [-0.05, 0) is 86.1 Å². The van der Waals surface area contributed by atoms with E-state index >= 15 is 0 Å². The van der Waals surface area contributed by atoms with Gasteiger partial charge in [0.1, 0.15) is 23.9 Å². The molecule has 0 aliphatic heterocycles. The number of imidazole rings is 1. The van der Waals surface area contributed by atoms with Gasteiger partial charge >= 0.3 is 0 Å². The summed E-state index contributed by atoms with van der Waals surface area (Å²) in [6.45, 7) is 12.8. The van der Waals surface area contributed by atoms with Crippen LogP contribution in [0.15, 0.2) is 60.7 Å². The summed E-state index contributed by atoms with van der Waals surface area (Å²) in [4.78, 5) is 4.90. The van der Waals surface area contributed by atoms with Gasteiger partial charge in [0.15, 0.2) is 0 Å². The van der Waals surface area contributed by atoms with Gasteiger partial charge in [0.25, 0.3) is 0 Å². The van der Waals surface area contributed by atoms with Gasteiger partial charge in [0.2, 0.25) is 0 Å². The number of ether oxygens (including phenoxy) is 2. The Morgan fingerprint density at radius 2 is 1.56 bits per heavy atom. The molecule has 4 aromatic rings. The number of para-hydroxylation sites is 2. The molecule has 0 aliphatic rings. The maximum Gasteiger partial charge on any atom is 0.147 e. The minimum absolute atomic E-state index is 0.409. The van der Waals surface area contributed by atoms with Crippen LogP contribution in [0.4, 0.5) is 0 Å². The topological polar surface area (TPSA) is 36.3 Å². The highest BCUT2D eigenvalue weighted by atomic mass is 16.5. The number of aryl methyl sites for hydroxylation is 4. The monoisotopic (exact) mass is 456 g/mol. The zero-order valence-corrected chi connectivity index (χ0v) is 21.1. The first-order valence-electron chi connectivity index (χ1n) is 12.3. The Labute approximate surface area is 203 Å². The van der Waals surface area contributed by atoms with E-state index < -0.39 is 0 Å². The van der Waals surface area contributed by atoms with Crippen molar-refractivity contribution in [3.05, 3.63) is 88.7 Å². The molecule has 0 fully saturated rings. The fourth-order valence-corrected chi connectivity index (χ4v) is 4.29. The van der Waals surface area contributed by atoms with Gasteiger partial charge in [-0.3, -0.25) is 0 Å². The molecule has 4 rings (SSSR count). The summed E-state index contributed by atoms with van der Waals surface area (Å²) in [5.41, 5.74) is 7.02. The lowest BCUT2D eigenvalue weighted by molar-refractivity contribution is 0.281. The van der Waals surface area contributed by atoms with Gasteiger partial charge in [-0.2, -0.15) is 0 Å². The number of benzene rings is 3. The SMILES string of the molecule is Cc1ccc(C)c(OCCCCn2c(COc3cc(C)ccc3C(C)C)nc3ccccc32)c1. The number of nitrogens with zero attached hydrogens (tertiary/aromatic N) is 2. The Kier molecular flexibility index (Phi) is 7.56. The van der Waals surface area contributed by atoms with Gasteiger partial charge < -0.3 is 14.0 Å². The summed E-state index contributed by atoms with van der Waals surface area (Å²) < 4.78 is 14.7. The van der Waals surface area contributed by atoms with E-state index in [0.717, 1.165) is 47.7 Å². The third-order valence-electron chi connectivity index (χ3n) is 6.26. The number of hydrogen-bond donors (Lipinski definition) is 0. The average Bonchev–Trinajstić information content (AvgIpc) is 3.17. The van der Waals surface area contributed by atoms with E-state index in [-0.39, 0.29) is 0 Å². The maximum absolute atomic E-state index is 6.34. The Morgan fingerprint density at radius 3 is 2.35 bits per heavy atom. The van der Waals surface area contributed by atoms with Crippen LogP contribution in [-0.2, 0) is 13.2 Å². The van der Waals surface area contributed by atoms with Crippen molar-refractivity contribution < 1.29 is 9.47 Å². The van der Waals surface area contributed by atoms with Crippen LogP contribution in [0, 0.1) is 20.8 Å². The van der Waals surface area contributed by atoms with E-state index in [9.17, 15) is 0 Å². The van der Waals surface area contributed by atoms with Crippen molar-refractivity contribution in [3.63, 3.8) is 0 Å². The van der Waals surface area contributed by atoms with Crippen LogP contribution >= 0.6 is 0 Å². The lowest BCUT2D eigenvalue weighted by Gasteiger charge is -2.16. The molecule has 178 valence electrons. The van der Waals surface area contributed by atoms with Crippen molar-refractivity contribution in [1.29, 1.82) is 0 Å². The highest BCUT2D eigenvalue weighted by Gasteiger charge is 2.13. The molecule has 34 heavy (non-hydrogen) atoms. The second-order valence-electron chi connectivity index (χ2n) is 9.48. The van der Waals surface area contributed by atoms with E-state index in [0.29, 0.717) is 19.1 Å². The van der Waals surface area contributed by atoms with Crippen molar-refractivity contribution in [2.24, 2.45) is 0 Å². The summed E-state index contributed by atoms with van der Waals surface area (Å²) in [6.07, 6.45) is 2.00. The van der Waals surface area contributed by atoms with Gasteiger partial charge in [0.05, 0.1) is 17.6 Å². The minimum Gasteiger partial charge on any atom is -0.493 e. The number of rotatable bonds is 10. The molecule has 1 heterocycles. The fourth-order valence-electron chi connectivity index (χ4n) is 4.29. The summed E-state index contributed by atoms with van der Waals surface area (Å²) in [5.74, 6) is 3.32. The summed E-state index contributed by atoms with van der Waals surface area (Å²) in [6, 6.07) is 21.1. The quantitative estimate of drug-likeness (QED) is 0.232. The van der Waals surface area contributed by atoms with Crippen molar-refractivity contribution in [2.75, 3.05) is 6.61 Å². The molecule has 0 unspecified atom stereocenters. The zero-order chi connectivity index (χ0) is 24.1. The molecular weight excluding hydrogens is 420 g/mol. The third-order valence-corrected chi connectivity index (χ3v) is 6.26. The van der Waals surface area contributed by atoms with Crippen LogP contribution in [-0.4, -0.2) is 16.2 Å². The second-order valence-corrected chi connectivity index (χ2v) is 9.48. The Bertz CT molecular complexity index is 1260. The Morgan fingerprint density at radius 1 is 0.824 bits per heavy atom. The Balaban J connectivity index is 1.43. The molecular formula is C30H36N2O2. The normalized spacial score (nSPS) is 11.4. The van der Waals surface area contributed by atoms with E-state index in [1.165, 1.54) is 22.3 Å². The predicted molar refractivity (Wildman–Crippen MR) is 140 cm³/mol. The van der Waals surface area contributed by atoms with Gasteiger partial charge in [-0.15, -0.1) is 0 Å². The van der Waals surface area contributed by atoms with Crippen LogP contribution in [0.25, 0.3) is 11.0 Å². The molecule has 0 bridgehead atoms. The summed E-state index contributed by atoms with van der Waals surface area (Å²) >= 11 is 0. The lowest BCUT2D eigenvalue weighted by atomic mass is 10.0. The maximum atomic E-state index is 6.34. The van der Waals surface area contributed by atoms with Crippen LogP contribution in [0.2, 0.25) is 0 Å². The molecule has 0 spiro atoms. The highest BCUT2D eigenvalue weighted by molar-refractivity contribution is 5.75. The van der Waals surface area contributed by atoms with Crippen LogP contribution in [0.3, 0.4) is 0 Å². The largest absolute Gasteiger partial charge is 0.493 e. The smallest absolute Gasteiger partial charge is 0.147 e. The predicted octanol–water partition coefficient (Wildman–Crippen LogP) is 7.52. The molecule has 0 N–H and O–H groups in total. The first-order valence-corrected chi connectivity index (χ1v) is 12.3. The van der Waals surface area contributed by atoms with Crippen LogP contribution in [0.1, 0.15) is 60.7 Å². The van der Waals surface area contributed by atoms with E-state index in [2.05, 4.69) is 93.8 Å². The first-order chi connectivity index (χ1) is 16.4. The average molecular weight is 457 g/mol. The first kappa shape index (κ1) is 23.9. The number of aromatic nitrogens is 2. The molecule has 4 heteroatoms. The molecule has 0 saturated carbocycles. The van der Waals surface area contributed by atoms with Crippen molar-refractivity contribution in [1.82, 2.24) is 9.55 Å². The van der Waals surface area contributed by atoms with Crippen LogP contribution in [0.5, 0.6) is 11.5 Å². The van der Waals surface area contributed by atoms with E-state index in [4.69, 9.17) is 14.5 Å². The van der Waals surface area contributed by atoms with E-state index in [1.807, 2.05) is 6.07 Å². The third kappa shape index (κ3) is 5.61. The van der Waals surface area contributed by atoms with Crippen molar-refractivity contribution >= 4 is 11.0 Å². The van der Waals surface area contributed by atoms with Crippen LogP contribution < -0.4 is 9.47 Å². The zero-order valence-electron chi connectivity index (χ0n) is 21.1. The molecule has 0 amide bonds. The summed E-state index contributed by atoms with van der Waals surface area (Å²) in [5, 5.41) is 0. The van der Waals surface area contributed by atoms with Gasteiger partial charge in [-0.1, -0.05) is 50.2 Å². The Hall–Kier alpha value is -3.27. The van der Waals surface area contributed by atoms with Gasteiger partial charge in [0, 0.05) is 6.54 Å². The van der Waals surface area contributed by atoms with Crippen molar-refractivity contribution in [2.45, 2.75) is 66.5 Å². The number of unbranched alkanes of at least 4 members (excludes halogenated alkanes) is 1. The van der Waals surface area contributed by atoms with Crippen molar-refractivity contribution in [3.8, 4) is 11.5 Å². The molecule has 4 nitrogen and oxygen atoms in total. The van der Waals surface area contributed by atoms with Gasteiger partial charge in [-0.25, -0.2) is 4.98 Å². The lowest BCUT2D eigenvalue weighted by Crippen LogP contribution is -2.10. The summed E-state index contributed by atoms with van der Waals surface area (Å²) in [7, 11) is 0. The fraction of sp³-hybridized carbons (Fsp3) is 0.367. The van der Waals surface area contributed by atoms with E-state index in [1.54, 1.807) is 0 Å². The highest BCUT2D eigenvalue weighted by Crippen LogP contribution is 2.29. The molecule has 0 saturated heterocycles. The molecule has 3 aromatic carbocycles. The standard InChI is InChI=1S/C30H36N2O2/c1-21(2)25-15-13-23(4)19-29(25)34-20-30-31-26-10-6-7-11-27(26)32(30)16-8-9-17-33-28-18-22(3)12-14-24(28)5/h6-7,10-15,18-19,21H,8-9,16-17,20H2,1-5H3. The molecule has 0 aliphatic carbocycles.